The molecule has 0 amide bonds. The minimum Gasteiger partial charge on any atom is -0.298 e. The number of fused-ring (bicyclic) bond motifs is 1. The van der Waals surface area contributed by atoms with Crippen molar-refractivity contribution in [1.82, 2.24) is 14.7 Å². The Hall–Kier alpha value is -2.45. The first-order valence-corrected chi connectivity index (χ1v) is 8.52. The molecule has 1 fully saturated rings. The fourth-order valence-electron chi connectivity index (χ4n) is 3.68. The van der Waals surface area contributed by atoms with Crippen molar-refractivity contribution in [3.63, 3.8) is 0 Å². The average molecular weight is 320 g/mol. The van der Waals surface area contributed by atoms with Crippen LogP contribution in [0.3, 0.4) is 0 Å². The van der Waals surface area contributed by atoms with Crippen LogP contribution >= 0.6 is 0 Å². The minimum absolute atomic E-state index is 0.0428. The molecular weight excluding hydrogens is 300 g/mol. The zero-order valence-corrected chi connectivity index (χ0v) is 13.6. The van der Waals surface area contributed by atoms with Crippen molar-refractivity contribution in [2.24, 2.45) is 5.92 Å². The lowest BCUT2D eigenvalue weighted by atomic mass is 9.99. The molecule has 0 spiro atoms. The standard InChI is InChI=1S/C19H20N4O/c20-9-14-4-6-15(7-5-14)10-22-11-16(12-22)13-23-19(24)8-17-2-1-3-18(17)21-23/h4-8,16H,1-3,10-13H2. The molecule has 2 aromatic rings. The van der Waals surface area contributed by atoms with E-state index in [1.807, 2.05) is 24.3 Å². The molecule has 5 heteroatoms. The molecular formula is C19H20N4O. The van der Waals surface area contributed by atoms with Gasteiger partial charge in [0.2, 0.25) is 0 Å². The number of aromatic nitrogens is 2. The van der Waals surface area contributed by atoms with E-state index in [4.69, 9.17) is 5.26 Å². The van der Waals surface area contributed by atoms with E-state index in [2.05, 4.69) is 16.1 Å². The molecule has 1 aliphatic carbocycles. The van der Waals surface area contributed by atoms with Crippen molar-refractivity contribution < 1.29 is 0 Å². The Morgan fingerprint density at radius 2 is 2.00 bits per heavy atom. The topological polar surface area (TPSA) is 61.9 Å². The van der Waals surface area contributed by atoms with Crippen molar-refractivity contribution >= 4 is 0 Å². The quantitative estimate of drug-likeness (QED) is 0.861. The van der Waals surface area contributed by atoms with Gasteiger partial charge in [-0.2, -0.15) is 10.4 Å². The van der Waals surface area contributed by atoms with E-state index in [0.717, 1.165) is 56.7 Å². The molecule has 0 saturated carbocycles. The van der Waals surface area contributed by atoms with Crippen LogP contribution in [0.15, 0.2) is 35.1 Å². The maximum absolute atomic E-state index is 12.1. The summed E-state index contributed by atoms with van der Waals surface area (Å²) in [6.45, 7) is 3.60. The third-order valence-corrected chi connectivity index (χ3v) is 4.98. The zero-order chi connectivity index (χ0) is 16.5. The molecule has 1 aromatic heterocycles. The maximum Gasteiger partial charge on any atom is 0.267 e. The van der Waals surface area contributed by atoms with E-state index in [1.54, 1.807) is 10.7 Å². The van der Waals surface area contributed by atoms with Crippen molar-refractivity contribution in [1.29, 1.82) is 5.26 Å². The molecule has 0 N–H and O–H groups in total. The van der Waals surface area contributed by atoms with Crippen LogP contribution in [0.1, 0.15) is 28.8 Å². The summed E-state index contributed by atoms with van der Waals surface area (Å²) in [4.78, 5) is 14.5. The van der Waals surface area contributed by atoms with E-state index in [0.29, 0.717) is 11.5 Å². The SMILES string of the molecule is N#Cc1ccc(CN2CC(Cn3nc4c(cc3=O)CCC4)C2)cc1. The highest BCUT2D eigenvalue weighted by Gasteiger charge is 2.28. The fourth-order valence-corrected chi connectivity index (χ4v) is 3.68. The first kappa shape index (κ1) is 15.1. The van der Waals surface area contributed by atoms with Gasteiger partial charge < -0.3 is 0 Å². The Bertz CT molecular complexity index is 841. The van der Waals surface area contributed by atoms with Gasteiger partial charge in [-0.3, -0.25) is 9.69 Å². The molecule has 0 atom stereocenters. The van der Waals surface area contributed by atoms with Gasteiger partial charge in [0.1, 0.15) is 0 Å². The monoisotopic (exact) mass is 320 g/mol. The number of rotatable bonds is 4. The predicted octanol–water partition coefficient (Wildman–Crippen LogP) is 1.74. The molecule has 0 bridgehead atoms. The number of benzene rings is 1. The van der Waals surface area contributed by atoms with Gasteiger partial charge in [0, 0.05) is 31.6 Å². The Morgan fingerprint density at radius 3 is 2.75 bits per heavy atom. The molecule has 1 aliphatic heterocycles. The van der Waals surface area contributed by atoms with Crippen molar-refractivity contribution in [3.8, 4) is 6.07 Å². The molecule has 122 valence electrons. The summed E-state index contributed by atoms with van der Waals surface area (Å²) < 4.78 is 1.66. The third-order valence-electron chi connectivity index (χ3n) is 4.98. The number of aryl methyl sites for hydroxylation is 2. The smallest absolute Gasteiger partial charge is 0.267 e. The summed E-state index contributed by atoms with van der Waals surface area (Å²) in [7, 11) is 0. The van der Waals surface area contributed by atoms with Gasteiger partial charge in [0.15, 0.2) is 0 Å². The highest BCUT2D eigenvalue weighted by Crippen LogP contribution is 2.21. The van der Waals surface area contributed by atoms with Crippen LogP contribution in [0.4, 0.5) is 0 Å². The lowest BCUT2D eigenvalue weighted by molar-refractivity contribution is 0.0765. The number of nitriles is 1. The molecule has 1 aromatic carbocycles. The van der Waals surface area contributed by atoms with Gasteiger partial charge in [-0.25, -0.2) is 4.68 Å². The predicted molar refractivity (Wildman–Crippen MR) is 90.4 cm³/mol. The number of hydrogen-bond acceptors (Lipinski definition) is 4. The van der Waals surface area contributed by atoms with E-state index in [9.17, 15) is 4.79 Å². The van der Waals surface area contributed by atoms with Gasteiger partial charge in [-0.15, -0.1) is 0 Å². The molecule has 24 heavy (non-hydrogen) atoms. The molecule has 2 aliphatic rings. The zero-order valence-electron chi connectivity index (χ0n) is 13.6. The summed E-state index contributed by atoms with van der Waals surface area (Å²) in [5.74, 6) is 0.494. The van der Waals surface area contributed by atoms with E-state index in [1.165, 1.54) is 5.56 Å². The third kappa shape index (κ3) is 2.98. The van der Waals surface area contributed by atoms with Crippen LogP contribution in [0.5, 0.6) is 0 Å². The Kier molecular flexibility index (Phi) is 3.91. The Morgan fingerprint density at radius 1 is 1.21 bits per heavy atom. The van der Waals surface area contributed by atoms with Gasteiger partial charge >= 0.3 is 0 Å². The van der Waals surface area contributed by atoms with E-state index < -0.39 is 0 Å². The van der Waals surface area contributed by atoms with Gasteiger partial charge in [-0.1, -0.05) is 12.1 Å². The normalized spacial score (nSPS) is 17.3. The highest BCUT2D eigenvalue weighted by molar-refractivity contribution is 5.31. The second-order valence-electron chi connectivity index (χ2n) is 6.86. The lowest BCUT2D eigenvalue weighted by Crippen LogP contribution is -2.48. The second-order valence-corrected chi connectivity index (χ2v) is 6.86. The number of hydrogen-bond donors (Lipinski definition) is 0. The fraction of sp³-hybridized carbons (Fsp3) is 0.421. The molecule has 1 saturated heterocycles. The maximum atomic E-state index is 12.1. The van der Waals surface area contributed by atoms with Gasteiger partial charge in [0.05, 0.1) is 23.9 Å². The van der Waals surface area contributed by atoms with E-state index in [-0.39, 0.29) is 5.56 Å². The summed E-state index contributed by atoms with van der Waals surface area (Å²) in [6, 6.07) is 11.7. The molecule has 4 rings (SSSR count). The van der Waals surface area contributed by atoms with Crippen molar-refractivity contribution in [2.45, 2.75) is 32.4 Å². The number of nitrogens with zero attached hydrogens (tertiary/aromatic N) is 4. The first-order chi connectivity index (χ1) is 11.7. The molecule has 0 unspecified atom stereocenters. The van der Waals surface area contributed by atoms with E-state index >= 15 is 0 Å². The minimum atomic E-state index is 0.0428. The van der Waals surface area contributed by atoms with Crippen LogP contribution in [0.25, 0.3) is 0 Å². The summed E-state index contributed by atoms with van der Waals surface area (Å²) >= 11 is 0. The van der Waals surface area contributed by atoms with Crippen molar-refractivity contribution in [2.75, 3.05) is 13.1 Å². The van der Waals surface area contributed by atoms with Crippen LogP contribution < -0.4 is 5.56 Å². The summed E-state index contributed by atoms with van der Waals surface area (Å²) in [5.41, 5.74) is 4.22. The highest BCUT2D eigenvalue weighted by atomic mass is 16.1. The molecule has 2 heterocycles. The van der Waals surface area contributed by atoms with Crippen LogP contribution in [-0.4, -0.2) is 27.8 Å². The van der Waals surface area contributed by atoms with Crippen LogP contribution in [-0.2, 0) is 25.9 Å². The lowest BCUT2D eigenvalue weighted by Gasteiger charge is -2.39. The van der Waals surface area contributed by atoms with Crippen LogP contribution in [0, 0.1) is 17.2 Å². The second kappa shape index (κ2) is 6.21. The van der Waals surface area contributed by atoms with Crippen molar-refractivity contribution in [3.05, 3.63) is 63.1 Å². The molecule has 0 radical (unpaired) electrons. The Labute approximate surface area is 141 Å². The van der Waals surface area contributed by atoms with Crippen LogP contribution in [0.2, 0.25) is 0 Å². The van der Waals surface area contributed by atoms with Gasteiger partial charge in [-0.05, 0) is 42.5 Å². The molecule has 5 nitrogen and oxygen atoms in total. The Balaban J connectivity index is 1.33. The first-order valence-electron chi connectivity index (χ1n) is 8.52. The summed E-state index contributed by atoms with van der Waals surface area (Å²) in [6.07, 6.45) is 3.12. The van der Waals surface area contributed by atoms with Gasteiger partial charge in [0.25, 0.3) is 5.56 Å². The summed E-state index contributed by atoms with van der Waals surface area (Å²) in [5, 5.41) is 13.4. The largest absolute Gasteiger partial charge is 0.298 e. The number of likely N-dealkylation sites (tertiary alicyclic amines) is 1. The average Bonchev–Trinajstić information content (AvgIpc) is 3.00.